The molecule has 0 aliphatic carbocycles. The normalized spacial score (nSPS) is 23.8. The average molecular weight is 420 g/mol. The minimum Gasteiger partial charge on any atom is -0.497 e. The molecule has 2 saturated heterocycles. The number of carbonyl (C=O) groups excluding carboxylic acids is 2. The average Bonchev–Trinajstić information content (AvgIpc) is 3.46. The van der Waals surface area contributed by atoms with Crippen LogP contribution in [-0.2, 0) is 22.6 Å². The molecular weight excluding hydrogens is 390 g/mol. The van der Waals surface area contributed by atoms with Crippen LogP contribution >= 0.6 is 0 Å². The molecule has 2 aromatic rings. The van der Waals surface area contributed by atoms with Crippen molar-refractivity contribution in [1.29, 1.82) is 0 Å². The first-order valence-corrected chi connectivity index (χ1v) is 11.2. The predicted molar refractivity (Wildman–Crippen MR) is 119 cm³/mol. The molecule has 2 aromatic carbocycles. The molecule has 31 heavy (non-hydrogen) atoms. The highest BCUT2D eigenvalue weighted by atomic mass is 16.5. The highest BCUT2D eigenvalue weighted by Crippen LogP contribution is 2.30. The van der Waals surface area contributed by atoms with Crippen LogP contribution < -0.4 is 9.64 Å². The topological polar surface area (TPSA) is 53.1 Å². The summed E-state index contributed by atoms with van der Waals surface area (Å²) in [5.41, 5.74) is 3.69. The number of hydrogen-bond donors (Lipinski definition) is 0. The summed E-state index contributed by atoms with van der Waals surface area (Å²) in [7, 11) is 1.62. The first-order chi connectivity index (χ1) is 15.1. The van der Waals surface area contributed by atoms with Gasteiger partial charge in [-0.3, -0.25) is 14.5 Å². The number of hydrogen-bond acceptors (Lipinski definition) is 4. The summed E-state index contributed by atoms with van der Waals surface area (Å²) < 4.78 is 5.20. The molecule has 0 bridgehead atoms. The number of rotatable bonds is 4. The Morgan fingerprint density at radius 2 is 1.77 bits per heavy atom. The molecule has 0 spiro atoms. The van der Waals surface area contributed by atoms with E-state index in [1.165, 1.54) is 11.1 Å². The van der Waals surface area contributed by atoms with Crippen molar-refractivity contribution in [3.63, 3.8) is 0 Å². The number of nitrogens with zero attached hydrogens (tertiary/aromatic N) is 3. The number of amides is 2. The Morgan fingerprint density at radius 3 is 2.55 bits per heavy atom. The van der Waals surface area contributed by atoms with Gasteiger partial charge >= 0.3 is 0 Å². The first-order valence-electron chi connectivity index (χ1n) is 11.2. The molecule has 2 unspecified atom stereocenters. The van der Waals surface area contributed by atoms with Crippen LogP contribution in [-0.4, -0.2) is 60.9 Å². The van der Waals surface area contributed by atoms with Crippen molar-refractivity contribution in [2.24, 2.45) is 5.92 Å². The van der Waals surface area contributed by atoms with E-state index >= 15 is 0 Å². The summed E-state index contributed by atoms with van der Waals surface area (Å²) in [5.74, 6) is 0.651. The van der Waals surface area contributed by atoms with Crippen LogP contribution in [0, 0.1) is 5.92 Å². The van der Waals surface area contributed by atoms with E-state index in [1.807, 2.05) is 29.2 Å². The maximum absolute atomic E-state index is 13.2. The van der Waals surface area contributed by atoms with Crippen molar-refractivity contribution in [1.82, 2.24) is 9.80 Å². The lowest BCUT2D eigenvalue weighted by Crippen LogP contribution is -2.42. The van der Waals surface area contributed by atoms with Crippen LogP contribution in [0.4, 0.5) is 5.69 Å². The van der Waals surface area contributed by atoms with Gasteiger partial charge in [-0.2, -0.15) is 0 Å². The number of ether oxygens (including phenoxy) is 1. The summed E-state index contributed by atoms with van der Waals surface area (Å²) in [5, 5.41) is 0. The smallest absolute Gasteiger partial charge is 0.228 e. The van der Waals surface area contributed by atoms with E-state index < -0.39 is 0 Å². The van der Waals surface area contributed by atoms with Crippen LogP contribution in [0.1, 0.15) is 24.0 Å². The second kappa shape index (κ2) is 8.35. The van der Waals surface area contributed by atoms with E-state index in [2.05, 4.69) is 29.2 Å². The third-order valence-corrected chi connectivity index (χ3v) is 7.01. The fourth-order valence-electron chi connectivity index (χ4n) is 5.21. The van der Waals surface area contributed by atoms with Crippen molar-refractivity contribution in [3.8, 4) is 5.75 Å². The summed E-state index contributed by atoms with van der Waals surface area (Å²) in [6.45, 7) is 4.04. The lowest BCUT2D eigenvalue weighted by Gasteiger charge is -2.33. The van der Waals surface area contributed by atoms with Crippen molar-refractivity contribution in [2.45, 2.75) is 31.8 Å². The van der Waals surface area contributed by atoms with Gasteiger partial charge in [0.25, 0.3) is 0 Å². The van der Waals surface area contributed by atoms with Crippen LogP contribution in [0.15, 0.2) is 48.5 Å². The van der Waals surface area contributed by atoms with Crippen LogP contribution in [0.5, 0.6) is 5.75 Å². The van der Waals surface area contributed by atoms with Gasteiger partial charge in [-0.05, 0) is 48.2 Å². The zero-order valence-electron chi connectivity index (χ0n) is 18.0. The third kappa shape index (κ3) is 3.92. The van der Waals surface area contributed by atoms with E-state index in [4.69, 9.17) is 4.74 Å². The largest absolute Gasteiger partial charge is 0.497 e. The highest BCUT2D eigenvalue weighted by molar-refractivity contribution is 6.00. The number of likely N-dealkylation sites (tertiary alicyclic amines) is 1. The Balaban J connectivity index is 1.20. The van der Waals surface area contributed by atoms with Gasteiger partial charge in [-0.15, -0.1) is 0 Å². The molecule has 2 fully saturated rings. The van der Waals surface area contributed by atoms with Crippen molar-refractivity contribution in [2.75, 3.05) is 38.2 Å². The van der Waals surface area contributed by atoms with Crippen molar-refractivity contribution < 1.29 is 14.3 Å². The second-order valence-electron chi connectivity index (χ2n) is 8.82. The zero-order valence-corrected chi connectivity index (χ0v) is 18.0. The van der Waals surface area contributed by atoms with Crippen LogP contribution in [0.25, 0.3) is 0 Å². The molecule has 2 atom stereocenters. The Kier molecular flexibility index (Phi) is 5.40. The van der Waals surface area contributed by atoms with Gasteiger partial charge in [-0.1, -0.05) is 24.3 Å². The Morgan fingerprint density at radius 1 is 1.00 bits per heavy atom. The van der Waals surface area contributed by atoms with Gasteiger partial charge in [-0.25, -0.2) is 0 Å². The zero-order chi connectivity index (χ0) is 21.4. The predicted octanol–water partition coefficient (Wildman–Crippen LogP) is 2.71. The highest BCUT2D eigenvalue weighted by Gasteiger charge is 2.40. The van der Waals surface area contributed by atoms with E-state index in [0.29, 0.717) is 19.0 Å². The fourth-order valence-corrected chi connectivity index (χ4v) is 5.21. The Bertz CT molecular complexity index is 974. The Hall–Kier alpha value is -2.86. The van der Waals surface area contributed by atoms with Crippen molar-refractivity contribution in [3.05, 3.63) is 59.7 Å². The summed E-state index contributed by atoms with van der Waals surface area (Å²) in [6, 6.07) is 16.5. The molecule has 0 saturated carbocycles. The third-order valence-electron chi connectivity index (χ3n) is 7.01. The van der Waals surface area contributed by atoms with Crippen LogP contribution in [0.2, 0.25) is 0 Å². The number of benzene rings is 2. The van der Waals surface area contributed by atoms with Gasteiger partial charge in [0.05, 0.1) is 13.0 Å². The quantitative estimate of drug-likeness (QED) is 0.765. The second-order valence-corrected chi connectivity index (χ2v) is 8.82. The number of methoxy groups -OCH3 is 1. The number of fused-ring (bicyclic) bond motifs is 1. The first kappa shape index (κ1) is 20.1. The molecule has 2 amide bonds. The SMILES string of the molecule is COc1ccc(N2CC(C(=O)N3CCC(N4CCc5ccccc5C4)C3)CC2=O)cc1. The van der Waals surface area contributed by atoms with E-state index in [9.17, 15) is 9.59 Å². The van der Waals surface area contributed by atoms with Gasteiger partial charge in [0.1, 0.15) is 5.75 Å². The monoisotopic (exact) mass is 419 g/mol. The molecule has 6 nitrogen and oxygen atoms in total. The number of carbonyl (C=O) groups is 2. The summed E-state index contributed by atoms with van der Waals surface area (Å²) >= 11 is 0. The van der Waals surface area contributed by atoms with Crippen molar-refractivity contribution >= 4 is 17.5 Å². The molecule has 3 heterocycles. The minimum atomic E-state index is -0.254. The molecular formula is C25H29N3O3. The molecule has 0 N–H and O–H groups in total. The number of anilines is 1. The standard InChI is InChI=1S/C25H29N3O3/c1-31-23-8-6-21(7-9-23)28-16-20(14-24(28)29)25(30)27-13-11-22(17-27)26-12-10-18-4-2-3-5-19(18)15-26/h2-9,20,22H,10-17H2,1H3. The van der Waals surface area contributed by atoms with Gasteiger partial charge in [0, 0.05) is 50.9 Å². The molecule has 5 rings (SSSR count). The molecule has 6 heteroatoms. The Labute approximate surface area is 183 Å². The van der Waals surface area contributed by atoms with E-state index in [-0.39, 0.29) is 17.7 Å². The van der Waals surface area contributed by atoms with E-state index in [1.54, 1.807) is 12.0 Å². The lowest BCUT2D eigenvalue weighted by atomic mass is 9.98. The molecule has 0 radical (unpaired) electrons. The van der Waals surface area contributed by atoms with Gasteiger partial charge in [0.2, 0.25) is 11.8 Å². The maximum atomic E-state index is 13.2. The minimum absolute atomic E-state index is 0.0203. The molecule has 3 aliphatic rings. The molecule has 0 aromatic heterocycles. The lowest BCUT2D eigenvalue weighted by molar-refractivity contribution is -0.135. The van der Waals surface area contributed by atoms with Gasteiger partial charge in [0.15, 0.2) is 0 Å². The molecule has 162 valence electrons. The summed E-state index contributed by atoms with van der Waals surface area (Å²) in [6.07, 6.45) is 2.38. The van der Waals surface area contributed by atoms with E-state index in [0.717, 1.165) is 50.5 Å². The summed E-state index contributed by atoms with van der Waals surface area (Å²) in [4.78, 5) is 32.1. The van der Waals surface area contributed by atoms with Crippen LogP contribution in [0.3, 0.4) is 0 Å². The maximum Gasteiger partial charge on any atom is 0.228 e. The molecule has 3 aliphatic heterocycles. The van der Waals surface area contributed by atoms with Gasteiger partial charge < -0.3 is 14.5 Å². The fraction of sp³-hybridized carbons (Fsp3) is 0.440.